The second kappa shape index (κ2) is 10.2. The van der Waals surface area contributed by atoms with Gasteiger partial charge in [-0.2, -0.15) is 18.4 Å². The van der Waals surface area contributed by atoms with E-state index >= 15 is 0 Å². The van der Waals surface area contributed by atoms with Gasteiger partial charge in [0.2, 0.25) is 0 Å². The van der Waals surface area contributed by atoms with Gasteiger partial charge in [-0.05, 0) is 36.2 Å². The van der Waals surface area contributed by atoms with Crippen molar-refractivity contribution in [1.29, 1.82) is 5.26 Å². The number of carbonyl (C=O) groups excluding carboxylic acids is 1. The summed E-state index contributed by atoms with van der Waals surface area (Å²) in [6.45, 7) is 0.524. The highest BCUT2D eigenvalue weighted by atomic mass is 35.5. The minimum absolute atomic E-state index is 0.0569. The lowest BCUT2D eigenvalue weighted by atomic mass is 10.1. The maximum atomic E-state index is 13.1. The number of ether oxygens (including phenoxy) is 2. The number of halogens is 4. The van der Waals surface area contributed by atoms with Crippen molar-refractivity contribution in [3.8, 4) is 17.6 Å². The third kappa shape index (κ3) is 6.29. The summed E-state index contributed by atoms with van der Waals surface area (Å²) in [5, 5.41) is 8.92. The number of methoxy groups -OCH3 is 1. The van der Waals surface area contributed by atoms with Crippen LogP contribution in [0.4, 0.5) is 13.2 Å². The summed E-state index contributed by atoms with van der Waals surface area (Å²) in [6, 6.07) is 10.5. The van der Waals surface area contributed by atoms with Crippen LogP contribution < -0.4 is 9.47 Å². The molecule has 0 fully saturated rings. The van der Waals surface area contributed by atoms with Gasteiger partial charge in [-0.25, -0.2) is 0 Å². The number of hydrogen-bond acceptors (Lipinski definition) is 4. The Morgan fingerprint density at radius 1 is 1.23 bits per heavy atom. The molecule has 0 aliphatic carbocycles. The number of nitrogens with zero attached hydrogens (tertiary/aromatic N) is 2. The monoisotopic (exact) mass is 440 g/mol. The Kier molecular flexibility index (Phi) is 7.95. The first-order chi connectivity index (χ1) is 14.2. The average Bonchev–Trinajstić information content (AvgIpc) is 2.70. The van der Waals surface area contributed by atoms with Crippen LogP contribution >= 0.6 is 11.6 Å². The molecule has 2 rings (SSSR count). The summed E-state index contributed by atoms with van der Waals surface area (Å²) in [4.78, 5) is 13.6. The lowest BCUT2D eigenvalue weighted by Gasteiger charge is -2.25. The fraction of sp³-hybridized carbons (Fsp3) is 0.333. The third-order valence-corrected chi connectivity index (χ3v) is 4.32. The summed E-state index contributed by atoms with van der Waals surface area (Å²) in [5.41, 5.74) is 0.762. The van der Waals surface area contributed by atoms with Crippen LogP contribution in [0.15, 0.2) is 36.4 Å². The molecule has 0 aliphatic heterocycles. The number of rotatable bonds is 8. The normalized spacial score (nSPS) is 11.0. The van der Waals surface area contributed by atoms with Crippen LogP contribution in [0.5, 0.6) is 11.5 Å². The molecule has 0 spiro atoms. The molecule has 0 aliphatic rings. The van der Waals surface area contributed by atoms with E-state index in [1.165, 1.54) is 43.5 Å². The van der Waals surface area contributed by atoms with Crippen molar-refractivity contribution in [2.24, 2.45) is 0 Å². The molecule has 160 valence electrons. The van der Waals surface area contributed by atoms with E-state index in [0.717, 1.165) is 0 Å². The van der Waals surface area contributed by atoms with E-state index in [4.69, 9.17) is 26.3 Å². The van der Waals surface area contributed by atoms with Gasteiger partial charge in [-0.1, -0.05) is 30.7 Å². The second-order valence-corrected chi connectivity index (χ2v) is 6.83. The van der Waals surface area contributed by atoms with E-state index < -0.39 is 18.6 Å². The first kappa shape index (κ1) is 23.4. The Balaban J connectivity index is 2.36. The number of benzene rings is 2. The first-order valence-corrected chi connectivity index (χ1v) is 9.41. The van der Waals surface area contributed by atoms with E-state index in [-0.39, 0.29) is 28.6 Å². The summed E-state index contributed by atoms with van der Waals surface area (Å²) in [7, 11) is 1.35. The van der Waals surface area contributed by atoms with Gasteiger partial charge in [-0.15, -0.1) is 0 Å². The maximum absolute atomic E-state index is 13.1. The predicted octanol–water partition coefficient (Wildman–Crippen LogP) is 5.21. The van der Waals surface area contributed by atoms with Crippen molar-refractivity contribution in [3.05, 3.63) is 58.1 Å². The lowest BCUT2D eigenvalue weighted by Crippen LogP contribution is -2.38. The van der Waals surface area contributed by atoms with Gasteiger partial charge in [0.1, 0.15) is 6.54 Å². The Morgan fingerprint density at radius 2 is 1.90 bits per heavy atom. The number of hydrogen-bond donors (Lipinski definition) is 0. The zero-order chi connectivity index (χ0) is 22.3. The molecule has 30 heavy (non-hydrogen) atoms. The van der Waals surface area contributed by atoms with Crippen LogP contribution in [0.3, 0.4) is 0 Å². The molecular weight excluding hydrogens is 421 g/mol. The van der Waals surface area contributed by atoms with Crippen molar-refractivity contribution in [2.45, 2.75) is 26.1 Å². The topological polar surface area (TPSA) is 62.6 Å². The van der Waals surface area contributed by atoms with Crippen molar-refractivity contribution >= 4 is 17.5 Å². The zero-order valence-corrected chi connectivity index (χ0v) is 17.2. The lowest BCUT2D eigenvalue weighted by molar-refractivity contribution is -0.141. The Labute approximate surface area is 177 Å². The molecule has 2 aromatic rings. The molecular formula is C21H20ClF3N2O3. The highest BCUT2D eigenvalue weighted by molar-refractivity contribution is 6.32. The summed E-state index contributed by atoms with van der Waals surface area (Å²) in [5.74, 6) is -0.476. The van der Waals surface area contributed by atoms with Crippen molar-refractivity contribution in [2.75, 3.05) is 20.3 Å². The molecule has 0 aromatic heterocycles. The molecule has 0 radical (unpaired) electrons. The average molecular weight is 441 g/mol. The number of alkyl halides is 3. The number of carbonyl (C=O) groups is 1. The van der Waals surface area contributed by atoms with Crippen LogP contribution in [-0.2, 0) is 6.54 Å². The van der Waals surface area contributed by atoms with Crippen molar-refractivity contribution < 1.29 is 27.4 Å². The summed E-state index contributed by atoms with van der Waals surface area (Å²) >= 11 is 6.20. The molecule has 5 nitrogen and oxygen atoms in total. The molecule has 9 heteroatoms. The van der Waals surface area contributed by atoms with E-state index in [1.807, 2.05) is 13.0 Å². The van der Waals surface area contributed by atoms with Crippen LogP contribution in [0.25, 0.3) is 0 Å². The molecule has 0 atom stereocenters. The Hall–Kier alpha value is -2.92. The second-order valence-electron chi connectivity index (χ2n) is 6.42. The number of amides is 1. The molecule has 0 N–H and O–H groups in total. The zero-order valence-electron chi connectivity index (χ0n) is 16.4. The van der Waals surface area contributed by atoms with Crippen LogP contribution in [0.2, 0.25) is 5.02 Å². The largest absolute Gasteiger partial charge is 0.493 e. The van der Waals surface area contributed by atoms with E-state index in [1.54, 1.807) is 0 Å². The highest BCUT2D eigenvalue weighted by Crippen LogP contribution is 2.37. The summed E-state index contributed by atoms with van der Waals surface area (Å²) in [6.07, 6.45) is -3.88. The fourth-order valence-electron chi connectivity index (χ4n) is 2.69. The molecule has 0 saturated carbocycles. The van der Waals surface area contributed by atoms with Gasteiger partial charge >= 0.3 is 6.18 Å². The van der Waals surface area contributed by atoms with Gasteiger partial charge in [0.25, 0.3) is 5.91 Å². The quantitative estimate of drug-likeness (QED) is 0.565. The highest BCUT2D eigenvalue weighted by Gasteiger charge is 2.34. The SMILES string of the molecule is CCCOc1c(Cl)cc(C(=O)N(Cc2ccc(C#N)cc2)CC(F)(F)F)cc1OC. The van der Waals surface area contributed by atoms with Crippen molar-refractivity contribution in [3.63, 3.8) is 0 Å². The molecule has 0 bridgehead atoms. The van der Waals surface area contributed by atoms with E-state index in [0.29, 0.717) is 29.1 Å². The minimum atomic E-state index is -4.60. The molecule has 0 unspecified atom stereocenters. The maximum Gasteiger partial charge on any atom is 0.406 e. The minimum Gasteiger partial charge on any atom is -0.493 e. The standard InChI is InChI=1S/C21H20ClF3N2O3/c1-3-8-30-19-17(22)9-16(10-18(19)29-2)20(28)27(13-21(23,24)25)12-15-6-4-14(11-26)5-7-15/h4-7,9-10H,3,8,12-13H2,1-2H3. The van der Waals surface area contributed by atoms with Crippen LogP contribution in [0.1, 0.15) is 34.8 Å². The fourth-order valence-corrected chi connectivity index (χ4v) is 2.96. The number of nitriles is 1. The molecule has 2 aromatic carbocycles. The third-order valence-electron chi connectivity index (χ3n) is 4.04. The van der Waals surface area contributed by atoms with Gasteiger partial charge in [0.15, 0.2) is 11.5 Å². The van der Waals surface area contributed by atoms with E-state index in [9.17, 15) is 18.0 Å². The molecule has 0 heterocycles. The summed E-state index contributed by atoms with van der Waals surface area (Å²) < 4.78 is 50.1. The Morgan fingerprint density at radius 3 is 2.43 bits per heavy atom. The molecule has 0 saturated heterocycles. The molecule has 1 amide bonds. The predicted molar refractivity (Wildman–Crippen MR) is 106 cm³/mol. The Bertz CT molecular complexity index is 925. The van der Waals surface area contributed by atoms with E-state index in [2.05, 4.69) is 0 Å². The van der Waals surface area contributed by atoms with Crippen molar-refractivity contribution in [1.82, 2.24) is 4.90 Å². The van der Waals surface area contributed by atoms with Crippen LogP contribution in [0, 0.1) is 11.3 Å². The van der Waals surface area contributed by atoms with Gasteiger partial charge in [0.05, 0.1) is 30.4 Å². The van der Waals surface area contributed by atoms with Gasteiger partial charge in [0, 0.05) is 12.1 Å². The van der Waals surface area contributed by atoms with Crippen LogP contribution in [-0.4, -0.2) is 37.2 Å². The van der Waals surface area contributed by atoms with Gasteiger partial charge < -0.3 is 14.4 Å². The smallest absolute Gasteiger partial charge is 0.406 e. The first-order valence-electron chi connectivity index (χ1n) is 9.04. The van der Waals surface area contributed by atoms with Gasteiger partial charge in [-0.3, -0.25) is 4.79 Å².